The predicted molar refractivity (Wildman–Crippen MR) is 101 cm³/mol. The van der Waals surface area contributed by atoms with E-state index in [4.69, 9.17) is 4.74 Å². The first-order valence-electron chi connectivity index (χ1n) is 9.12. The van der Waals surface area contributed by atoms with Gasteiger partial charge in [0.15, 0.2) is 6.61 Å². The van der Waals surface area contributed by atoms with Crippen molar-refractivity contribution in [1.82, 2.24) is 9.62 Å². The average molecular weight is 397 g/mol. The quantitative estimate of drug-likeness (QED) is 0.739. The van der Waals surface area contributed by atoms with Gasteiger partial charge in [0.2, 0.25) is 10.0 Å². The number of carbonyl (C=O) groups excluding carboxylic acids is 2. The van der Waals surface area contributed by atoms with E-state index in [1.165, 1.54) is 19.1 Å². The van der Waals surface area contributed by atoms with Crippen LogP contribution in [-0.4, -0.2) is 50.9 Å². The van der Waals surface area contributed by atoms with Gasteiger partial charge in [0.25, 0.3) is 5.91 Å². The summed E-state index contributed by atoms with van der Waals surface area (Å²) in [4.78, 5) is 26.1. The van der Waals surface area contributed by atoms with Crippen molar-refractivity contribution >= 4 is 21.9 Å². The number of sulfonamides is 1. The summed E-state index contributed by atoms with van der Waals surface area (Å²) < 4.78 is 32.0. The fourth-order valence-corrected chi connectivity index (χ4v) is 4.47. The number of hydrogen-bond donors (Lipinski definition) is 1. The molecule has 0 radical (unpaired) electrons. The first-order chi connectivity index (χ1) is 12.6. The lowest BCUT2D eigenvalue weighted by Crippen LogP contribution is -2.45. The molecule has 0 aliphatic carbocycles. The fourth-order valence-electron chi connectivity index (χ4n) is 3.28. The van der Waals surface area contributed by atoms with Crippen molar-refractivity contribution in [2.75, 3.05) is 19.7 Å². The number of nitrogens with zero attached hydrogens (tertiary/aromatic N) is 1. The van der Waals surface area contributed by atoms with E-state index in [9.17, 15) is 18.0 Å². The van der Waals surface area contributed by atoms with Crippen molar-refractivity contribution in [2.45, 2.75) is 45.1 Å². The lowest BCUT2D eigenvalue weighted by Gasteiger charge is -2.34. The predicted octanol–water partition coefficient (Wildman–Crippen LogP) is 1.71. The van der Waals surface area contributed by atoms with Gasteiger partial charge in [-0.2, -0.15) is 4.72 Å². The molecule has 0 aromatic heterocycles. The van der Waals surface area contributed by atoms with Crippen LogP contribution in [0.1, 0.15) is 32.8 Å². The number of carbonyl (C=O) groups is 2. The number of hydrogen-bond acceptors (Lipinski definition) is 5. The smallest absolute Gasteiger partial charge is 0.324 e. The molecule has 0 spiro atoms. The maximum Gasteiger partial charge on any atom is 0.324 e. The molecule has 150 valence electrons. The molecule has 1 saturated heterocycles. The number of benzene rings is 1. The van der Waals surface area contributed by atoms with E-state index >= 15 is 0 Å². The highest BCUT2D eigenvalue weighted by Gasteiger charge is 2.27. The third-order valence-corrected chi connectivity index (χ3v) is 6.13. The van der Waals surface area contributed by atoms with Crippen LogP contribution in [0.5, 0.6) is 0 Å². The normalized spacial score (nSPS) is 21.6. The molecule has 8 heteroatoms. The maximum absolute atomic E-state index is 12.3. The number of aryl methyl sites for hydroxylation is 1. The Balaban J connectivity index is 1.88. The van der Waals surface area contributed by atoms with Gasteiger partial charge in [-0.15, -0.1) is 0 Å². The highest BCUT2D eigenvalue weighted by molar-refractivity contribution is 7.89. The van der Waals surface area contributed by atoms with Crippen molar-refractivity contribution < 1.29 is 22.7 Å². The average Bonchev–Trinajstić information content (AvgIpc) is 2.58. The minimum absolute atomic E-state index is 0.0696. The molecule has 2 unspecified atom stereocenters. The zero-order valence-corrected chi connectivity index (χ0v) is 17.1. The number of esters is 1. The lowest BCUT2D eigenvalue weighted by atomic mass is 9.92. The number of nitrogens with one attached hydrogen (secondary N) is 1. The number of rotatable bonds is 6. The second kappa shape index (κ2) is 8.84. The van der Waals surface area contributed by atoms with Crippen LogP contribution in [0, 0.1) is 18.8 Å². The van der Waals surface area contributed by atoms with Gasteiger partial charge in [-0.3, -0.25) is 9.59 Å². The molecular weight excluding hydrogens is 368 g/mol. The molecule has 0 bridgehead atoms. The summed E-state index contributed by atoms with van der Waals surface area (Å²) in [5, 5.41) is 0. The van der Waals surface area contributed by atoms with Crippen molar-refractivity contribution in [3.63, 3.8) is 0 Å². The second-order valence-electron chi connectivity index (χ2n) is 7.51. The molecule has 7 nitrogen and oxygen atoms in total. The first kappa shape index (κ1) is 21.4. The van der Waals surface area contributed by atoms with E-state index in [1.807, 2.05) is 6.92 Å². The summed E-state index contributed by atoms with van der Waals surface area (Å²) in [6.45, 7) is 8.34. The van der Waals surface area contributed by atoms with E-state index in [2.05, 4.69) is 18.6 Å². The summed E-state index contributed by atoms with van der Waals surface area (Å²) in [5.41, 5.74) is 0.932. The minimum Gasteiger partial charge on any atom is -0.454 e. The molecule has 0 saturated carbocycles. The van der Waals surface area contributed by atoms with Gasteiger partial charge in [0.1, 0.15) is 6.04 Å². The van der Waals surface area contributed by atoms with Crippen LogP contribution in [-0.2, 0) is 24.3 Å². The van der Waals surface area contributed by atoms with Gasteiger partial charge in [-0.25, -0.2) is 8.42 Å². The number of piperidine rings is 1. The largest absolute Gasteiger partial charge is 0.454 e. The van der Waals surface area contributed by atoms with E-state index in [0.29, 0.717) is 24.9 Å². The molecule has 1 aliphatic heterocycles. The summed E-state index contributed by atoms with van der Waals surface area (Å²) in [6, 6.07) is 5.20. The SMILES string of the molecule is Cc1ccc(S(=O)(=O)N[C@@H](C)C(=O)OCC(=O)N2CC(C)CC(C)C2)cc1. The Morgan fingerprint density at radius 1 is 1.19 bits per heavy atom. The Morgan fingerprint density at radius 3 is 2.30 bits per heavy atom. The Hall–Kier alpha value is -1.93. The third kappa shape index (κ3) is 6.04. The fraction of sp³-hybridized carbons (Fsp3) is 0.579. The molecule has 1 N–H and O–H groups in total. The van der Waals surface area contributed by atoms with Crippen LogP contribution in [0.3, 0.4) is 0 Å². The van der Waals surface area contributed by atoms with E-state index in [1.54, 1.807) is 17.0 Å². The van der Waals surface area contributed by atoms with Gasteiger partial charge in [0, 0.05) is 13.1 Å². The van der Waals surface area contributed by atoms with Gasteiger partial charge in [-0.1, -0.05) is 31.5 Å². The van der Waals surface area contributed by atoms with Crippen LogP contribution in [0.15, 0.2) is 29.2 Å². The molecule has 1 heterocycles. The molecule has 1 aromatic carbocycles. The second-order valence-corrected chi connectivity index (χ2v) is 9.22. The van der Waals surface area contributed by atoms with Crippen molar-refractivity contribution in [3.05, 3.63) is 29.8 Å². The van der Waals surface area contributed by atoms with Crippen molar-refractivity contribution in [3.8, 4) is 0 Å². The number of ether oxygens (including phenoxy) is 1. The Labute approximate surface area is 161 Å². The number of amides is 1. The van der Waals surface area contributed by atoms with Gasteiger partial charge in [0.05, 0.1) is 4.90 Å². The lowest BCUT2D eigenvalue weighted by molar-refractivity contribution is -0.154. The summed E-state index contributed by atoms with van der Waals surface area (Å²) >= 11 is 0. The van der Waals surface area contributed by atoms with Crippen molar-refractivity contribution in [2.24, 2.45) is 11.8 Å². The molecule has 27 heavy (non-hydrogen) atoms. The molecule has 1 aliphatic rings. The van der Waals surface area contributed by atoms with Crippen molar-refractivity contribution in [1.29, 1.82) is 0 Å². The Morgan fingerprint density at radius 2 is 1.74 bits per heavy atom. The van der Waals surface area contributed by atoms with Crippen LogP contribution in [0.25, 0.3) is 0 Å². The topological polar surface area (TPSA) is 92.8 Å². The monoisotopic (exact) mass is 396 g/mol. The van der Waals surface area contributed by atoms with Crippen LogP contribution < -0.4 is 4.72 Å². The first-order valence-corrected chi connectivity index (χ1v) is 10.6. The standard InChI is InChI=1S/C19H28N2O5S/c1-13-5-7-17(8-6-13)27(24,25)20-16(4)19(23)26-12-18(22)21-10-14(2)9-15(3)11-21/h5-8,14-16,20H,9-12H2,1-4H3/t14?,15?,16-/m0/s1. The van der Waals surface area contributed by atoms with Crippen LogP contribution in [0.4, 0.5) is 0 Å². The summed E-state index contributed by atoms with van der Waals surface area (Å²) in [7, 11) is -3.84. The van der Waals surface area contributed by atoms with Crippen LogP contribution >= 0.6 is 0 Å². The summed E-state index contributed by atoms with van der Waals surface area (Å²) in [5.74, 6) is -0.213. The molecule has 3 atom stereocenters. The van der Waals surface area contributed by atoms with Gasteiger partial charge in [-0.05, 0) is 44.2 Å². The molecule has 1 fully saturated rings. The van der Waals surface area contributed by atoms with E-state index in [-0.39, 0.29) is 17.4 Å². The molecule has 2 rings (SSSR count). The number of likely N-dealkylation sites (tertiary alicyclic amines) is 1. The van der Waals surface area contributed by atoms with Crippen LogP contribution in [0.2, 0.25) is 0 Å². The highest BCUT2D eigenvalue weighted by Crippen LogP contribution is 2.21. The van der Waals surface area contributed by atoms with E-state index < -0.39 is 22.0 Å². The van der Waals surface area contributed by atoms with E-state index in [0.717, 1.165) is 12.0 Å². The zero-order valence-electron chi connectivity index (χ0n) is 16.3. The van der Waals surface area contributed by atoms with Gasteiger partial charge >= 0.3 is 5.97 Å². The highest BCUT2D eigenvalue weighted by atomic mass is 32.2. The zero-order chi connectivity index (χ0) is 20.2. The minimum atomic E-state index is -3.84. The summed E-state index contributed by atoms with van der Waals surface area (Å²) in [6.07, 6.45) is 1.07. The van der Waals surface area contributed by atoms with Gasteiger partial charge < -0.3 is 9.64 Å². The third-order valence-electron chi connectivity index (χ3n) is 4.58. The molecule has 1 amide bonds. The molecular formula is C19H28N2O5S. The maximum atomic E-state index is 12.3. The molecule has 1 aromatic rings. The Bertz CT molecular complexity index is 766. The Kier molecular flexibility index (Phi) is 7.00.